The molecule has 1 aliphatic heterocycles. The number of hydrogen-bond acceptors (Lipinski definition) is 6. The van der Waals surface area contributed by atoms with Crippen molar-refractivity contribution in [3.8, 4) is 17.0 Å². The molecule has 2 aromatic carbocycles. The van der Waals surface area contributed by atoms with Crippen molar-refractivity contribution in [3.63, 3.8) is 0 Å². The van der Waals surface area contributed by atoms with Gasteiger partial charge in [0.1, 0.15) is 34.8 Å². The van der Waals surface area contributed by atoms with E-state index in [9.17, 15) is 32.3 Å². The number of benzene rings is 2. The van der Waals surface area contributed by atoms with E-state index in [0.29, 0.717) is 23.7 Å². The fraction of sp³-hybridized carbons (Fsp3) is 0.355. The lowest BCUT2D eigenvalue weighted by molar-refractivity contribution is -0.265. The maximum atomic E-state index is 14.8. The van der Waals surface area contributed by atoms with Gasteiger partial charge in [0.05, 0.1) is 23.3 Å². The summed E-state index contributed by atoms with van der Waals surface area (Å²) in [5.74, 6) is -2.56. The second-order valence-electron chi connectivity index (χ2n) is 11.9. The van der Waals surface area contributed by atoms with Crippen LogP contribution in [-0.2, 0) is 15.8 Å². The molecule has 0 saturated heterocycles. The predicted molar refractivity (Wildman–Crippen MR) is 154 cm³/mol. The van der Waals surface area contributed by atoms with Gasteiger partial charge in [-0.15, -0.1) is 0 Å². The summed E-state index contributed by atoms with van der Waals surface area (Å²) in [4.78, 5) is 30.2. The van der Waals surface area contributed by atoms with Gasteiger partial charge in [-0.05, 0) is 74.1 Å². The van der Waals surface area contributed by atoms with Gasteiger partial charge < -0.3 is 20.9 Å². The van der Waals surface area contributed by atoms with Crippen molar-refractivity contribution < 1.29 is 37.0 Å². The molecule has 0 spiro atoms. The first-order valence-electron chi connectivity index (χ1n) is 14.3. The molecule has 3 aliphatic rings. The molecule has 0 radical (unpaired) electrons. The Balaban J connectivity index is 1.29. The normalized spacial score (nSPS) is 20.8. The van der Waals surface area contributed by atoms with E-state index in [1.54, 1.807) is 10.9 Å². The van der Waals surface area contributed by atoms with Crippen LogP contribution in [0.25, 0.3) is 22.2 Å². The maximum Gasteiger partial charge on any atom is 0.424 e. The van der Waals surface area contributed by atoms with E-state index in [1.807, 2.05) is 0 Å². The Bertz CT molecular complexity index is 1870. The van der Waals surface area contributed by atoms with E-state index in [2.05, 4.69) is 15.4 Å². The first kappa shape index (κ1) is 29.5. The van der Waals surface area contributed by atoms with Crippen molar-refractivity contribution >= 4 is 34.3 Å². The Morgan fingerprint density at radius 1 is 1.13 bits per heavy atom. The van der Waals surface area contributed by atoms with Crippen molar-refractivity contribution in [2.45, 2.75) is 48.9 Å². The van der Waals surface area contributed by atoms with Gasteiger partial charge in [-0.1, -0.05) is 11.6 Å². The van der Waals surface area contributed by atoms with Crippen molar-refractivity contribution in [3.05, 3.63) is 76.3 Å². The first-order chi connectivity index (χ1) is 21.3. The largest absolute Gasteiger partial charge is 0.489 e. The van der Waals surface area contributed by atoms with E-state index >= 15 is 0 Å². The second kappa shape index (κ2) is 10.1. The molecule has 2 fully saturated rings. The summed E-state index contributed by atoms with van der Waals surface area (Å²) in [5, 5.41) is 18.7. The standard InChI is InChI=1S/C31H26ClF4N5O4/c32-22-10-16(9-17-12-41(20-7-8-20)40-24(17)22)27(42)38-13-30(44,31(34,35)36)23-11-21-26(25(39-23)15-1-5-19(33)6-2-15)45-14-29(21,28(37)43)18-3-4-18/h1-2,5-6,9-12,18,20,44H,3-4,7-8,13-14H2,(H2,37,43)(H,38,42)/t29-,30?/m1/s1. The Hall–Kier alpha value is -4.23. The minimum atomic E-state index is -5.34. The number of aromatic nitrogens is 3. The molecule has 3 heterocycles. The zero-order chi connectivity index (χ0) is 31.9. The molecule has 9 nitrogen and oxygen atoms in total. The molecule has 2 amide bonds. The number of halogens is 5. The molecule has 4 aromatic rings. The monoisotopic (exact) mass is 643 g/mol. The Labute approximate surface area is 258 Å². The molecule has 2 atom stereocenters. The molecule has 0 bridgehead atoms. The number of rotatable bonds is 8. The zero-order valence-electron chi connectivity index (χ0n) is 23.5. The quantitative estimate of drug-likeness (QED) is 0.233. The van der Waals surface area contributed by atoms with Crippen LogP contribution in [0.4, 0.5) is 17.6 Å². The third kappa shape index (κ3) is 4.80. The number of aliphatic hydroxyl groups is 1. The highest BCUT2D eigenvalue weighted by molar-refractivity contribution is 6.35. The van der Waals surface area contributed by atoms with E-state index in [0.717, 1.165) is 31.0 Å². The number of hydrogen-bond donors (Lipinski definition) is 3. The fourth-order valence-corrected chi connectivity index (χ4v) is 6.29. The molecular formula is C31H26ClF4N5O4. The molecule has 45 heavy (non-hydrogen) atoms. The van der Waals surface area contributed by atoms with Crippen LogP contribution in [0.5, 0.6) is 5.75 Å². The molecule has 4 N–H and O–H groups in total. The summed E-state index contributed by atoms with van der Waals surface area (Å²) in [6.07, 6.45) is -0.504. The topological polar surface area (TPSA) is 132 Å². The van der Waals surface area contributed by atoms with Gasteiger partial charge in [-0.2, -0.15) is 18.3 Å². The van der Waals surface area contributed by atoms with E-state index < -0.39 is 47.1 Å². The van der Waals surface area contributed by atoms with Crippen molar-refractivity contribution in [1.29, 1.82) is 0 Å². The predicted octanol–water partition coefficient (Wildman–Crippen LogP) is 4.93. The maximum absolute atomic E-state index is 14.8. The van der Waals surface area contributed by atoms with Crippen LogP contribution >= 0.6 is 11.6 Å². The molecule has 2 saturated carbocycles. The molecular weight excluding hydrogens is 618 g/mol. The smallest absolute Gasteiger partial charge is 0.424 e. The summed E-state index contributed by atoms with van der Waals surface area (Å²) in [6, 6.07) is 8.77. The average Bonchev–Trinajstić information content (AvgIpc) is 3.94. The number of amides is 2. The lowest BCUT2D eigenvalue weighted by atomic mass is 9.76. The molecule has 14 heteroatoms. The Morgan fingerprint density at radius 3 is 2.47 bits per heavy atom. The summed E-state index contributed by atoms with van der Waals surface area (Å²) in [7, 11) is 0. The number of fused-ring (bicyclic) bond motifs is 2. The minimum absolute atomic E-state index is 0.0271. The average molecular weight is 644 g/mol. The van der Waals surface area contributed by atoms with Gasteiger partial charge in [0, 0.05) is 28.3 Å². The number of nitrogens with zero attached hydrogens (tertiary/aromatic N) is 3. The highest BCUT2D eigenvalue weighted by Gasteiger charge is 2.60. The molecule has 1 unspecified atom stereocenters. The van der Waals surface area contributed by atoms with Crippen molar-refractivity contribution in [2.75, 3.05) is 13.2 Å². The third-order valence-corrected chi connectivity index (χ3v) is 9.18. The summed E-state index contributed by atoms with van der Waals surface area (Å²) >= 11 is 6.36. The lowest BCUT2D eigenvalue weighted by Crippen LogP contribution is -2.52. The first-order valence-corrected chi connectivity index (χ1v) is 14.7. The number of nitrogens with one attached hydrogen (secondary N) is 1. The lowest BCUT2D eigenvalue weighted by Gasteiger charge is -2.32. The van der Waals surface area contributed by atoms with Crippen molar-refractivity contribution in [2.24, 2.45) is 11.7 Å². The number of ether oxygens (including phenoxy) is 1. The van der Waals surface area contributed by atoms with Crippen LogP contribution in [-0.4, -0.2) is 51.0 Å². The van der Waals surface area contributed by atoms with E-state index in [1.165, 1.54) is 24.3 Å². The Morgan fingerprint density at radius 2 is 1.84 bits per heavy atom. The van der Waals surface area contributed by atoms with Gasteiger partial charge in [-0.25, -0.2) is 9.37 Å². The number of carbonyl (C=O) groups excluding carboxylic acids is 2. The highest BCUT2D eigenvalue weighted by atomic mass is 35.5. The van der Waals surface area contributed by atoms with Crippen LogP contribution in [0.1, 0.15) is 53.3 Å². The highest BCUT2D eigenvalue weighted by Crippen LogP contribution is 2.56. The van der Waals surface area contributed by atoms with Gasteiger partial charge >= 0.3 is 6.18 Å². The summed E-state index contributed by atoms with van der Waals surface area (Å²) in [6.45, 7) is -1.54. The fourth-order valence-electron chi connectivity index (χ4n) is 6.02. The van der Waals surface area contributed by atoms with Gasteiger partial charge in [0.2, 0.25) is 11.5 Å². The number of pyridine rings is 1. The van der Waals surface area contributed by atoms with Crippen LogP contribution in [0, 0.1) is 11.7 Å². The molecule has 2 aliphatic carbocycles. The zero-order valence-corrected chi connectivity index (χ0v) is 24.3. The number of carbonyl (C=O) groups is 2. The Kier molecular flexibility index (Phi) is 6.64. The van der Waals surface area contributed by atoms with Crippen molar-refractivity contribution in [1.82, 2.24) is 20.1 Å². The van der Waals surface area contributed by atoms with Crippen LogP contribution in [0.3, 0.4) is 0 Å². The minimum Gasteiger partial charge on any atom is -0.489 e. The van der Waals surface area contributed by atoms with E-state index in [4.69, 9.17) is 22.1 Å². The molecule has 2 aromatic heterocycles. The van der Waals surface area contributed by atoms with E-state index in [-0.39, 0.29) is 51.7 Å². The number of primary amides is 1. The summed E-state index contributed by atoms with van der Waals surface area (Å²) in [5.41, 5.74) is 0.317. The van der Waals surface area contributed by atoms with Gasteiger partial charge in [0.25, 0.3) is 5.91 Å². The van der Waals surface area contributed by atoms with Crippen LogP contribution in [0.2, 0.25) is 5.02 Å². The molecule has 7 rings (SSSR count). The van der Waals surface area contributed by atoms with Gasteiger partial charge in [-0.3, -0.25) is 14.3 Å². The number of alkyl halides is 3. The SMILES string of the molecule is NC(=O)[C@@]1(C2CC2)COc2c1cc(C(O)(CNC(=O)c1cc(Cl)c3nn(C4CC4)cc3c1)C(F)(F)F)nc2-c1ccc(F)cc1. The van der Waals surface area contributed by atoms with Crippen LogP contribution < -0.4 is 15.8 Å². The molecule has 234 valence electrons. The van der Waals surface area contributed by atoms with Gasteiger partial charge in [0.15, 0.2) is 0 Å². The third-order valence-electron chi connectivity index (χ3n) is 8.89. The van der Waals surface area contributed by atoms with Crippen LogP contribution in [0.15, 0.2) is 48.7 Å². The second-order valence-corrected chi connectivity index (χ2v) is 12.3. The summed E-state index contributed by atoms with van der Waals surface area (Å²) < 4.78 is 65.8. The number of nitrogens with two attached hydrogens (primary N) is 1.